The number of carboxylic acids is 1. The molecular weight excluding hydrogens is 336 g/mol. The second-order valence-corrected chi connectivity index (χ2v) is 7.02. The SMILES string of the molecule is CCC=CC[C@H](O)C=C[C@H]1[C@@H](CC(=O)CCCCC(=O)O)[C@@H](O)C[C@H]1O. The van der Waals surface area contributed by atoms with E-state index in [1.807, 2.05) is 19.1 Å². The molecule has 0 bridgehead atoms. The second kappa shape index (κ2) is 12.0. The summed E-state index contributed by atoms with van der Waals surface area (Å²) in [4.78, 5) is 22.6. The zero-order valence-corrected chi connectivity index (χ0v) is 15.5. The van der Waals surface area contributed by atoms with Crippen LogP contribution in [0.3, 0.4) is 0 Å². The Morgan fingerprint density at radius 3 is 2.46 bits per heavy atom. The number of aliphatic hydroxyl groups excluding tert-OH is 3. The van der Waals surface area contributed by atoms with Gasteiger partial charge in [-0.3, -0.25) is 9.59 Å². The number of unbranched alkanes of at least 4 members (excludes halogenated alkanes) is 1. The highest BCUT2D eigenvalue weighted by atomic mass is 16.4. The maximum Gasteiger partial charge on any atom is 0.303 e. The van der Waals surface area contributed by atoms with Crippen molar-refractivity contribution in [1.82, 2.24) is 0 Å². The minimum absolute atomic E-state index is 0.0293. The first-order valence-electron chi connectivity index (χ1n) is 9.46. The molecule has 1 aliphatic rings. The smallest absolute Gasteiger partial charge is 0.303 e. The van der Waals surface area contributed by atoms with E-state index < -0.39 is 24.3 Å². The summed E-state index contributed by atoms with van der Waals surface area (Å²) >= 11 is 0. The van der Waals surface area contributed by atoms with Crippen LogP contribution in [0.25, 0.3) is 0 Å². The molecule has 0 aromatic heterocycles. The van der Waals surface area contributed by atoms with Crippen molar-refractivity contribution in [2.45, 2.75) is 76.6 Å². The van der Waals surface area contributed by atoms with Gasteiger partial charge in [0.15, 0.2) is 0 Å². The lowest BCUT2D eigenvalue weighted by Crippen LogP contribution is -2.24. The molecule has 4 N–H and O–H groups in total. The minimum Gasteiger partial charge on any atom is -0.481 e. The molecule has 1 rings (SSSR count). The van der Waals surface area contributed by atoms with Crippen LogP contribution in [-0.2, 0) is 9.59 Å². The fourth-order valence-corrected chi connectivity index (χ4v) is 3.37. The molecule has 0 heterocycles. The van der Waals surface area contributed by atoms with Crippen molar-refractivity contribution in [1.29, 1.82) is 0 Å². The number of carbonyl (C=O) groups is 2. The van der Waals surface area contributed by atoms with Gasteiger partial charge in [-0.05, 0) is 25.7 Å². The molecule has 1 saturated carbocycles. The Labute approximate surface area is 155 Å². The standard InChI is InChI=1S/C20H32O6/c1-2-3-4-7-14(21)10-11-16-17(19(24)13-18(16)23)12-15(22)8-5-6-9-20(25)26/h3-4,10-11,14,16-19,21,23-24H,2,5-9,12-13H2,1H3,(H,25,26)/t14-,16-,17+,18+,19-/m0/s1. The van der Waals surface area contributed by atoms with Crippen molar-refractivity contribution >= 4 is 11.8 Å². The van der Waals surface area contributed by atoms with Gasteiger partial charge in [-0.15, -0.1) is 0 Å². The van der Waals surface area contributed by atoms with Gasteiger partial charge in [-0.25, -0.2) is 0 Å². The molecule has 6 nitrogen and oxygen atoms in total. The number of carboxylic acid groups (broad SMARTS) is 1. The highest BCUT2D eigenvalue weighted by Crippen LogP contribution is 2.36. The third kappa shape index (κ3) is 8.25. The number of hydrogen-bond donors (Lipinski definition) is 4. The molecule has 0 aliphatic heterocycles. The number of Topliss-reactive ketones (excluding diaryl/α,β-unsaturated/α-hetero) is 1. The molecule has 6 heteroatoms. The molecule has 0 radical (unpaired) electrons. The summed E-state index contributed by atoms with van der Waals surface area (Å²) in [5.74, 6) is -1.63. The van der Waals surface area contributed by atoms with Crippen molar-refractivity contribution < 1.29 is 30.0 Å². The van der Waals surface area contributed by atoms with Crippen LogP contribution in [0, 0.1) is 11.8 Å². The van der Waals surface area contributed by atoms with Gasteiger partial charge < -0.3 is 20.4 Å². The molecule has 0 saturated heterocycles. The zero-order valence-electron chi connectivity index (χ0n) is 15.5. The minimum atomic E-state index is -0.871. The summed E-state index contributed by atoms with van der Waals surface area (Å²) in [5.41, 5.74) is 0. The van der Waals surface area contributed by atoms with E-state index in [1.54, 1.807) is 12.2 Å². The normalized spacial score (nSPS) is 27.4. The Balaban J connectivity index is 2.54. The van der Waals surface area contributed by atoms with Gasteiger partial charge in [-0.1, -0.05) is 31.2 Å². The summed E-state index contributed by atoms with van der Waals surface area (Å²) in [5, 5.41) is 38.9. The van der Waals surface area contributed by atoms with Crippen LogP contribution in [0.2, 0.25) is 0 Å². The largest absolute Gasteiger partial charge is 0.481 e. The maximum absolute atomic E-state index is 12.1. The molecule has 0 aromatic rings. The van der Waals surface area contributed by atoms with Crippen molar-refractivity contribution in [2.24, 2.45) is 11.8 Å². The highest BCUT2D eigenvalue weighted by molar-refractivity contribution is 5.78. The number of ketones is 1. The molecule has 0 unspecified atom stereocenters. The predicted octanol–water partition coefficient (Wildman–Crippen LogP) is 2.22. The van der Waals surface area contributed by atoms with E-state index in [0.717, 1.165) is 6.42 Å². The lowest BCUT2D eigenvalue weighted by atomic mass is 9.87. The van der Waals surface area contributed by atoms with Gasteiger partial charge in [0.2, 0.25) is 0 Å². The third-order valence-electron chi connectivity index (χ3n) is 4.81. The molecule has 26 heavy (non-hydrogen) atoms. The molecule has 148 valence electrons. The fraction of sp³-hybridized carbons (Fsp3) is 0.700. The predicted molar refractivity (Wildman–Crippen MR) is 98.5 cm³/mol. The van der Waals surface area contributed by atoms with E-state index in [9.17, 15) is 24.9 Å². The lowest BCUT2D eigenvalue weighted by molar-refractivity contribution is -0.137. The van der Waals surface area contributed by atoms with Crippen LogP contribution in [0.1, 0.15) is 58.3 Å². The number of aliphatic hydroxyl groups is 3. The topological polar surface area (TPSA) is 115 Å². The van der Waals surface area contributed by atoms with Gasteiger partial charge in [0.25, 0.3) is 0 Å². The van der Waals surface area contributed by atoms with Crippen molar-refractivity contribution in [3.8, 4) is 0 Å². The summed E-state index contributed by atoms with van der Waals surface area (Å²) in [7, 11) is 0. The zero-order chi connectivity index (χ0) is 19.5. The number of carbonyl (C=O) groups excluding carboxylic acids is 1. The summed E-state index contributed by atoms with van der Waals surface area (Å²) in [6, 6.07) is 0. The fourth-order valence-electron chi connectivity index (χ4n) is 3.37. The molecule has 1 aliphatic carbocycles. The first-order chi connectivity index (χ1) is 12.3. The number of rotatable bonds is 12. The van der Waals surface area contributed by atoms with E-state index in [2.05, 4.69) is 0 Å². The van der Waals surface area contributed by atoms with Crippen LogP contribution >= 0.6 is 0 Å². The highest BCUT2D eigenvalue weighted by Gasteiger charge is 2.41. The maximum atomic E-state index is 12.1. The first-order valence-corrected chi connectivity index (χ1v) is 9.46. The van der Waals surface area contributed by atoms with E-state index in [0.29, 0.717) is 19.3 Å². The molecular formula is C20H32O6. The Bertz CT molecular complexity index is 499. The van der Waals surface area contributed by atoms with Crippen LogP contribution in [0.4, 0.5) is 0 Å². The van der Waals surface area contributed by atoms with Crippen LogP contribution in [0.5, 0.6) is 0 Å². The number of allylic oxidation sites excluding steroid dienone is 1. The average Bonchev–Trinajstić information content (AvgIpc) is 2.83. The van der Waals surface area contributed by atoms with E-state index in [4.69, 9.17) is 5.11 Å². The van der Waals surface area contributed by atoms with Crippen molar-refractivity contribution in [3.05, 3.63) is 24.3 Å². The van der Waals surface area contributed by atoms with Crippen LogP contribution < -0.4 is 0 Å². The lowest BCUT2D eigenvalue weighted by Gasteiger charge is -2.20. The Kier molecular flexibility index (Phi) is 10.4. The molecule has 1 fully saturated rings. The summed E-state index contributed by atoms with van der Waals surface area (Å²) in [6.45, 7) is 2.01. The second-order valence-electron chi connectivity index (χ2n) is 7.02. The van der Waals surface area contributed by atoms with Gasteiger partial charge >= 0.3 is 5.97 Å². The van der Waals surface area contributed by atoms with Gasteiger partial charge in [0.05, 0.1) is 18.3 Å². The van der Waals surface area contributed by atoms with Crippen LogP contribution in [-0.4, -0.2) is 50.5 Å². The van der Waals surface area contributed by atoms with Gasteiger partial charge in [-0.2, -0.15) is 0 Å². The van der Waals surface area contributed by atoms with Crippen molar-refractivity contribution in [2.75, 3.05) is 0 Å². The van der Waals surface area contributed by atoms with E-state index in [-0.39, 0.29) is 43.3 Å². The third-order valence-corrected chi connectivity index (χ3v) is 4.81. The van der Waals surface area contributed by atoms with Gasteiger partial charge in [0.1, 0.15) is 5.78 Å². The molecule has 0 spiro atoms. The first kappa shape index (κ1) is 22.5. The van der Waals surface area contributed by atoms with E-state index >= 15 is 0 Å². The molecule has 5 atom stereocenters. The van der Waals surface area contributed by atoms with Gasteiger partial charge in [0, 0.05) is 37.5 Å². The summed E-state index contributed by atoms with van der Waals surface area (Å²) < 4.78 is 0. The van der Waals surface area contributed by atoms with Crippen LogP contribution in [0.15, 0.2) is 24.3 Å². The quantitative estimate of drug-likeness (QED) is 0.310. The number of hydrogen-bond acceptors (Lipinski definition) is 5. The van der Waals surface area contributed by atoms with E-state index in [1.165, 1.54) is 0 Å². The Morgan fingerprint density at radius 2 is 1.81 bits per heavy atom. The average molecular weight is 368 g/mol. The Hall–Kier alpha value is -1.50. The number of aliphatic carboxylic acids is 1. The monoisotopic (exact) mass is 368 g/mol. The molecule has 0 aromatic carbocycles. The van der Waals surface area contributed by atoms with Crippen molar-refractivity contribution in [3.63, 3.8) is 0 Å². The Morgan fingerprint density at radius 1 is 1.12 bits per heavy atom. The molecule has 0 amide bonds. The summed E-state index contributed by atoms with van der Waals surface area (Å²) in [6.07, 6.45) is 8.14.